The number of carbonyl (C=O) groups excluding carboxylic acids is 1. The lowest BCUT2D eigenvalue weighted by Crippen LogP contribution is -2.43. The number of ether oxygens (including phenoxy) is 1. The molecular weight excluding hydrogens is 290 g/mol. The number of carboxylic acids is 1. The van der Waals surface area contributed by atoms with E-state index in [4.69, 9.17) is 9.84 Å². The number of hydrogen-bond acceptors (Lipinski definition) is 4. The molecule has 0 saturated carbocycles. The zero-order valence-electron chi connectivity index (χ0n) is 12.3. The van der Waals surface area contributed by atoms with E-state index in [1.165, 1.54) is 5.56 Å². The molecule has 0 aromatic heterocycles. The first-order valence-corrected chi connectivity index (χ1v) is 8.19. The summed E-state index contributed by atoms with van der Waals surface area (Å²) < 4.78 is 5.34. The molecule has 6 heteroatoms. The van der Waals surface area contributed by atoms with Crippen LogP contribution in [0.15, 0.2) is 24.3 Å². The largest absolute Gasteiger partial charge is 0.484 e. The first-order valence-electron chi connectivity index (χ1n) is 6.79. The van der Waals surface area contributed by atoms with Crippen molar-refractivity contribution in [1.82, 2.24) is 5.32 Å². The van der Waals surface area contributed by atoms with Crippen molar-refractivity contribution in [3.05, 3.63) is 29.8 Å². The standard InChI is InChI=1S/C15H21NO4S/c1-3-11-4-6-12(7-5-11)20-10-14(17)16-13(15(18)19)8-9-21-2/h4-7,13H,3,8-10H2,1-2H3,(H,16,17)(H,18,19)/t13-/m0/s1. The van der Waals surface area contributed by atoms with Gasteiger partial charge in [0.25, 0.3) is 5.91 Å². The number of carbonyl (C=O) groups is 2. The van der Waals surface area contributed by atoms with E-state index >= 15 is 0 Å². The molecule has 0 aliphatic heterocycles. The Morgan fingerprint density at radius 3 is 2.52 bits per heavy atom. The lowest BCUT2D eigenvalue weighted by molar-refractivity contribution is -0.142. The van der Waals surface area contributed by atoms with Gasteiger partial charge in [-0.15, -0.1) is 0 Å². The van der Waals surface area contributed by atoms with Gasteiger partial charge < -0.3 is 15.2 Å². The molecule has 5 nitrogen and oxygen atoms in total. The molecule has 0 bridgehead atoms. The second-order valence-electron chi connectivity index (χ2n) is 4.53. The van der Waals surface area contributed by atoms with Gasteiger partial charge in [-0.1, -0.05) is 19.1 Å². The van der Waals surface area contributed by atoms with Crippen molar-refractivity contribution in [3.63, 3.8) is 0 Å². The van der Waals surface area contributed by atoms with E-state index in [0.717, 1.165) is 6.42 Å². The number of aryl methyl sites for hydroxylation is 1. The Balaban J connectivity index is 2.42. The van der Waals surface area contributed by atoms with E-state index in [9.17, 15) is 9.59 Å². The number of thioether (sulfide) groups is 1. The summed E-state index contributed by atoms with van der Waals surface area (Å²) in [7, 11) is 0. The zero-order chi connectivity index (χ0) is 15.7. The van der Waals surface area contributed by atoms with Crippen LogP contribution in [-0.4, -0.2) is 41.6 Å². The van der Waals surface area contributed by atoms with E-state index in [-0.39, 0.29) is 6.61 Å². The minimum absolute atomic E-state index is 0.186. The van der Waals surface area contributed by atoms with Crippen LogP contribution in [0.4, 0.5) is 0 Å². The van der Waals surface area contributed by atoms with Crippen molar-refractivity contribution in [2.24, 2.45) is 0 Å². The Morgan fingerprint density at radius 1 is 1.33 bits per heavy atom. The van der Waals surface area contributed by atoms with Crippen LogP contribution < -0.4 is 10.1 Å². The average molecular weight is 311 g/mol. The summed E-state index contributed by atoms with van der Waals surface area (Å²) in [5, 5.41) is 11.5. The number of benzene rings is 1. The fourth-order valence-corrected chi connectivity index (χ4v) is 2.17. The quantitative estimate of drug-likeness (QED) is 0.729. The Kier molecular flexibility index (Phi) is 7.68. The molecule has 1 aromatic carbocycles. The van der Waals surface area contributed by atoms with Crippen LogP contribution >= 0.6 is 11.8 Å². The molecule has 2 N–H and O–H groups in total. The Labute approximate surface area is 129 Å². The lowest BCUT2D eigenvalue weighted by atomic mass is 10.2. The highest BCUT2D eigenvalue weighted by atomic mass is 32.2. The summed E-state index contributed by atoms with van der Waals surface area (Å²) in [5.74, 6) is -0.178. The SMILES string of the molecule is CCc1ccc(OCC(=O)N[C@@H](CCSC)C(=O)O)cc1. The molecule has 1 atom stereocenters. The van der Waals surface area contributed by atoms with Gasteiger partial charge in [-0.05, 0) is 42.5 Å². The van der Waals surface area contributed by atoms with Gasteiger partial charge in [0.15, 0.2) is 6.61 Å². The maximum Gasteiger partial charge on any atom is 0.326 e. The van der Waals surface area contributed by atoms with Crippen molar-refractivity contribution in [2.75, 3.05) is 18.6 Å². The Bertz CT molecular complexity index is 461. The fourth-order valence-electron chi connectivity index (χ4n) is 1.70. The van der Waals surface area contributed by atoms with Crippen LogP contribution in [0.2, 0.25) is 0 Å². The topological polar surface area (TPSA) is 75.6 Å². The minimum atomic E-state index is -1.02. The zero-order valence-corrected chi connectivity index (χ0v) is 13.1. The molecule has 21 heavy (non-hydrogen) atoms. The second-order valence-corrected chi connectivity index (χ2v) is 5.51. The fraction of sp³-hybridized carbons (Fsp3) is 0.467. The minimum Gasteiger partial charge on any atom is -0.484 e. The molecule has 0 heterocycles. The first kappa shape index (κ1) is 17.4. The van der Waals surface area contributed by atoms with E-state index < -0.39 is 17.9 Å². The third kappa shape index (κ3) is 6.53. The van der Waals surface area contributed by atoms with Crippen LogP contribution in [0.1, 0.15) is 18.9 Å². The predicted octanol–water partition coefficient (Wildman–Crippen LogP) is 1.95. The molecular formula is C15H21NO4S. The van der Waals surface area contributed by atoms with E-state index in [2.05, 4.69) is 12.2 Å². The summed E-state index contributed by atoms with van der Waals surface area (Å²) in [6.07, 6.45) is 3.23. The lowest BCUT2D eigenvalue weighted by Gasteiger charge is -2.14. The highest BCUT2D eigenvalue weighted by Gasteiger charge is 2.19. The molecule has 0 unspecified atom stereocenters. The van der Waals surface area contributed by atoms with Gasteiger partial charge in [-0.2, -0.15) is 11.8 Å². The van der Waals surface area contributed by atoms with Gasteiger partial charge in [0.2, 0.25) is 0 Å². The van der Waals surface area contributed by atoms with Crippen LogP contribution in [-0.2, 0) is 16.0 Å². The molecule has 116 valence electrons. The summed E-state index contributed by atoms with van der Waals surface area (Å²) in [6.45, 7) is 1.87. The molecule has 0 spiro atoms. The molecule has 1 rings (SSSR count). The van der Waals surface area contributed by atoms with Gasteiger partial charge in [0.1, 0.15) is 11.8 Å². The van der Waals surface area contributed by atoms with Crippen LogP contribution in [0.3, 0.4) is 0 Å². The second kappa shape index (κ2) is 9.28. The van der Waals surface area contributed by atoms with E-state index in [1.807, 2.05) is 18.4 Å². The molecule has 0 radical (unpaired) electrons. The van der Waals surface area contributed by atoms with Crippen molar-refractivity contribution < 1.29 is 19.4 Å². The maximum absolute atomic E-state index is 11.7. The van der Waals surface area contributed by atoms with E-state index in [0.29, 0.717) is 17.9 Å². The maximum atomic E-state index is 11.7. The Hall–Kier alpha value is -1.69. The van der Waals surface area contributed by atoms with Crippen LogP contribution in [0.5, 0.6) is 5.75 Å². The van der Waals surface area contributed by atoms with Crippen LogP contribution in [0, 0.1) is 0 Å². The first-order chi connectivity index (χ1) is 10.1. The molecule has 1 aromatic rings. The van der Waals surface area contributed by atoms with Gasteiger partial charge >= 0.3 is 5.97 Å². The van der Waals surface area contributed by atoms with E-state index in [1.54, 1.807) is 23.9 Å². The van der Waals surface area contributed by atoms with Crippen molar-refractivity contribution >= 4 is 23.6 Å². The van der Waals surface area contributed by atoms with Gasteiger partial charge in [-0.3, -0.25) is 4.79 Å². The highest BCUT2D eigenvalue weighted by molar-refractivity contribution is 7.98. The number of carboxylic acid groups (broad SMARTS) is 1. The summed E-state index contributed by atoms with van der Waals surface area (Å²) in [4.78, 5) is 22.7. The third-order valence-corrected chi connectivity index (χ3v) is 3.59. The highest BCUT2D eigenvalue weighted by Crippen LogP contribution is 2.12. The van der Waals surface area contributed by atoms with Gasteiger partial charge in [-0.25, -0.2) is 4.79 Å². The molecule has 0 aliphatic rings. The number of aliphatic carboxylic acids is 1. The van der Waals surface area contributed by atoms with Crippen molar-refractivity contribution in [2.45, 2.75) is 25.8 Å². The summed E-state index contributed by atoms with van der Waals surface area (Å²) in [5.41, 5.74) is 1.19. The summed E-state index contributed by atoms with van der Waals surface area (Å²) >= 11 is 1.54. The molecule has 0 saturated heterocycles. The average Bonchev–Trinajstić information content (AvgIpc) is 2.49. The number of hydrogen-bond donors (Lipinski definition) is 2. The van der Waals surface area contributed by atoms with Crippen molar-refractivity contribution in [3.8, 4) is 5.75 Å². The molecule has 1 amide bonds. The normalized spacial score (nSPS) is 11.7. The number of amides is 1. The van der Waals surface area contributed by atoms with Crippen LogP contribution in [0.25, 0.3) is 0 Å². The third-order valence-electron chi connectivity index (χ3n) is 2.95. The van der Waals surface area contributed by atoms with Gasteiger partial charge in [0, 0.05) is 0 Å². The predicted molar refractivity (Wildman–Crippen MR) is 83.9 cm³/mol. The molecule has 0 fully saturated rings. The Morgan fingerprint density at radius 2 is 2.00 bits per heavy atom. The smallest absolute Gasteiger partial charge is 0.326 e. The molecule has 0 aliphatic carbocycles. The summed E-state index contributed by atoms with van der Waals surface area (Å²) in [6, 6.07) is 6.61. The number of nitrogens with one attached hydrogen (secondary N) is 1. The van der Waals surface area contributed by atoms with Gasteiger partial charge in [0.05, 0.1) is 0 Å². The number of rotatable bonds is 9. The monoisotopic (exact) mass is 311 g/mol. The van der Waals surface area contributed by atoms with Crippen molar-refractivity contribution in [1.29, 1.82) is 0 Å².